The summed E-state index contributed by atoms with van der Waals surface area (Å²) in [7, 11) is 0. The number of nitrogens with two attached hydrogens (primary N) is 1. The van der Waals surface area contributed by atoms with Gasteiger partial charge in [0.25, 0.3) is 0 Å². The Bertz CT molecular complexity index is 403. The Hall–Kier alpha value is -0.810. The van der Waals surface area contributed by atoms with Gasteiger partial charge in [-0.2, -0.15) is 0 Å². The molecular formula is C15H25Cl2N3O. The zero-order valence-corrected chi connectivity index (χ0v) is 13.8. The molecule has 1 atom stereocenters. The molecule has 2 rings (SSSR count). The van der Waals surface area contributed by atoms with Crippen LogP contribution in [0.4, 0.5) is 0 Å². The van der Waals surface area contributed by atoms with Crippen LogP contribution >= 0.6 is 24.8 Å². The smallest absolute Gasteiger partial charge is 0.233 e. The summed E-state index contributed by atoms with van der Waals surface area (Å²) in [6.07, 6.45) is 3.64. The van der Waals surface area contributed by atoms with Crippen LogP contribution in [-0.2, 0) is 11.3 Å². The summed E-state index contributed by atoms with van der Waals surface area (Å²) in [6.45, 7) is 2.86. The fraction of sp³-hybridized carbons (Fsp3) is 0.533. The van der Waals surface area contributed by atoms with Crippen molar-refractivity contribution in [2.75, 3.05) is 19.6 Å². The zero-order valence-electron chi connectivity index (χ0n) is 12.2. The van der Waals surface area contributed by atoms with E-state index in [1.807, 2.05) is 6.07 Å². The second-order valence-electron chi connectivity index (χ2n) is 5.11. The molecule has 1 aromatic carbocycles. The van der Waals surface area contributed by atoms with Crippen LogP contribution in [0.3, 0.4) is 0 Å². The van der Waals surface area contributed by atoms with Crippen molar-refractivity contribution in [2.24, 2.45) is 5.73 Å². The largest absolute Gasteiger partial charge is 0.353 e. The first-order chi connectivity index (χ1) is 9.29. The van der Waals surface area contributed by atoms with E-state index in [2.05, 4.69) is 34.5 Å². The van der Waals surface area contributed by atoms with Gasteiger partial charge in [0.05, 0.1) is 6.54 Å². The minimum Gasteiger partial charge on any atom is -0.353 e. The van der Waals surface area contributed by atoms with Gasteiger partial charge >= 0.3 is 0 Å². The quantitative estimate of drug-likeness (QED) is 0.865. The molecule has 3 N–H and O–H groups in total. The lowest BCUT2D eigenvalue weighted by atomic mass is 10.0. The molecule has 0 saturated carbocycles. The predicted octanol–water partition coefficient (Wildman–Crippen LogP) is 1.96. The minimum absolute atomic E-state index is 0. The Labute approximate surface area is 139 Å². The number of hydrogen-bond acceptors (Lipinski definition) is 3. The van der Waals surface area contributed by atoms with Crippen molar-refractivity contribution in [3.63, 3.8) is 0 Å². The van der Waals surface area contributed by atoms with Gasteiger partial charge in [0.2, 0.25) is 5.91 Å². The number of hydrogen-bond donors (Lipinski definition) is 2. The second-order valence-corrected chi connectivity index (χ2v) is 5.11. The summed E-state index contributed by atoms with van der Waals surface area (Å²) >= 11 is 0. The van der Waals surface area contributed by atoms with Crippen molar-refractivity contribution >= 4 is 30.7 Å². The van der Waals surface area contributed by atoms with Crippen molar-refractivity contribution in [3.05, 3.63) is 35.9 Å². The molecule has 1 amide bonds. The summed E-state index contributed by atoms with van der Waals surface area (Å²) < 4.78 is 0. The SMILES string of the molecule is Cl.Cl.NCC(=O)NCC1CCCCN1Cc1ccccc1. The summed E-state index contributed by atoms with van der Waals surface area (Å²) in [5.41, 5.74) is 6.65. The molecule has 0 bridgehead atoms. The number of carbonyl (C=O) groups is 1. The number of nitrogens with zero attached hydrogens (tertiary/aromatic N) is 1. The van der Waals surface area contributed by atoms with Crippen molar-refractivity contribution in [1.82, 2.24) is 10.2 Å². The van der Waals surface area contributed by atoms with Gasteiger partial charge in [0.1, 0.15) is 0 Å². The van der Waals surface area contributed by atoms with Gasteiger partial charge in [-0.25, -0.2) is 0 Å². The van der Waals surface area contributed by atoms with Gasteiger partial charge in [-0.3, -0.25) is 9.69 Å². The van der Waals surface area contributed by atoms with Gasteiger partial charge in [-0.15, -0.1) is 24.8 Å². The highest BCUT2D eigenvalue weighted by atomic mass is 35.5. The molecular weight excluding hydrogens is 309 g/mol. The molecule has 21 heavy (non-hydrogen) atoms. The Morgan fingerprint density at radius 2 is 1.95 bits per heavy atom. The number of benzene rings is 1. The van der Waals surface area contributed by atoms with Crippen LogP contribution < -0.4 is 11.1 Å². The lowest BCUT2D eigenvalue weighted by Crippen LogP contribution is -2.47. The Morgan fingerprint density at radius 1 is 1.24 bits per heavy atom. The fourth-order valence-electron chi connectivity index (χ4n) is 2.62. The molecule has 4 nitrogen and oxygen atoms in total. The standard InChI is InChI=1S/C15H23N3O.2ClH/c16-10-15(19)17-11-14-8-4-5-9-18(14)12-13-6-2-1-3-7-13;;/h1-3,6-7,14H,4-5,8-12,16H2,(H,17,19);2*1H. The van der Waals surface area contributed by atoms with Gasteiger partial charge in [0.15, 0.2) is 0 Å². The molecule has 1 saturated heterocycles. The molecule has 0 aromatic heterocycles. The average molecular weight is 334 g/mol. The Kier molecular flexibility index (Phi) is 10.4. The first-order valence-electron chi connectivity index (χ1n) is 7.04. The van der Waals surface area contributed by atoms with Crippen LogP contribution in [0.25, 0.3) is 0 Å². The maximum Gasteiger partial charge on any atom is 0.233 e. The minimum atomic E-state index is -0.0646. The molecule has 1 aliphatic rings. The Balaban J connectivity index is 0.00000200. The van der Waals surface area contributed by atoms with Crippen molar-refractivity contribution in [2.45, 2.75) is 31.8 Å². The molecule has 1 unspecified atom stereocenters. The zero-order chi connectivity index (χ0) is 13.5. The highest BCUT2D eigenvalue weighted by molar-refractivity contribution is 5.85. The van der Waals surface area contributed by atoms with E-state index in [4.69, 9.17) is 5.73 Å². The fourth-order valence-corrected chi connectivity index (χ4v) is 2.62. The molecule has 1 heterocycles. The van der Waals surface area contributed by atoms with E-state index < -0.39 is 0 Å². The molecule has 1 fully saturated rings. The lowest BCUT2D eigenvalue weighted by molar-refractivity contribution is -0.120. The number of rotatable bonds is 5. The third-order valence-corrected chi connectivity index (χ3v) is 3.70. The Morgan fingerprint density at radius 3 is 2.62 bits per heavy atom. The maximum absolute atomic E-state index is 11.3. The summed E-state index contributed by atoms with van der Waals surface area (Å²) in [5.74, 6) is -0.0646. The van der Waals surface area contributed by atoms with Crippen LogP contribution in [0.2, 0.25) is 0 Å². The monoisotopic (exact) mass is 333 g/mol. The normalized spacial score (nSPS) is 18.2. The number of carbonyl (C=O) groups excluding carboxylic acids is 1. The van der Waals surface area contributed by atoms with Crippen LogP contribution in [0, 0.1) is 0 Å². The van der Waals surface area contributed by atoms with Crippen LogP contribution in [0.5, 0.6) is 0 Å². The van der Waals surface area contributed by atoms with E-state index in [-0.39, 0.29) is 37.3 Å². The van der Waals surface area contributed by atoms with Gasteiger partial charge in [-0.1, -0.05) is 36.8 Å². The molecule has 1 aromatic rings. The summed E-state index contributed by atoms with van der Waals surface area (Å²) in [6, 6.07) is 10.9. The molecule has 120 valence electrons. The van der Waals surface area contributed by atoms with Crippen LogP contribution in [0.15, 0.2) is 30.3 Å². The van der Waals surface area contributed by atoms with E-state index in [1.165, 1.54) is 18.4 Å². The molecule has 0 spiro atoms. The molecule has 6 heteroatoms. The van der Waals surface area contributed by atoms with Gasteiger partial charge < -0.3 is 11.1 Å². The maximum atomic E-state index is 11.3. The third kappa shape index (κ3) is 6.66. The van der Waals surface area contributed by atoms with Crippen molar-refractivity contribution < 1.29 is 4.79 Å². The average Bonchev–Trinajstić information content (AvgIpc) is 2.47. The first kappa shape index (κ1) is 20.2. The number of halogens is 2. The highest BCUT2D eigenvalue weighted by Crippen LogP contribution is 2.19. The van der Waals surface area contributed by atoms with Crippen LogP contribution in [-0.4, -0.2) is 36.5 Å². The first-order valence-corrected chi connectivity index (χ1v) is 7.04. The number of nitrogens with one attached hydrogen (secondary N) is 1. The van der Waals surface area contributed by atoms with Crippen molar-refractivity contribution in [3.8, 4) is 0 Å². The molecule has 0 aliphatic carbocycles. The predicted molar refractivity (Wildman–Crippen MR) is 91.1 cm³/mol. The summed E-state index contributed by atoms with van der Waals surface area (Å²) in [5, 5.41) is 2.91. The lowest BCUT2D eigenvalue weighted by Gasteiger charge is -2.35. The molecule has 0 radical (unpaired) electrons. The van der Waals surface area contributed by atoms with E-state index in [9.17, 15) is 4.79 Å². The number of likely N-dealkylation sites (tertiary alicyclic amines) is 1. The van der Waals surface area contributed by atoms with E-state index in [0.29, 0.717) is 12.6 Å². The number of piperidine rings is 1. The van der Waals surface area contributed by atoms with E-state index in [0.717, 1.165) is 19.5 Å². The third-order valence-electron chi connectivity index (χ3n) is 3.70. The van der Waals surface area contributed by atoms with Crippen LogP contribution in [0.1, 0.15) is 24.8 Å². The van der Waals surface area contributed by atoms with E-state index >= 15 is 0 Å². The summed E-state index contributed by atoms with van der Waals surface area (Å²) in [4.78, 5) is 13.7. The molecule has 1 aliphatic heterocycles. The highest BCUT2D eigenvalue weighted by Gasteiger charge is 2.22. The number of amides is 1. The van der Waals surface area contributed by atoms with Crippen molar-refractivity contribution in [1.29, 1.82) is 0 Å². The second kappa shape index (κ2) is 10.9. The van der Waals surface area contributed by atoms with Gasteiger partial charge in [-0.05, 0) is 24.9 Å². The van der Waals surface area contributed by atoms with E-state index in [1.54, 1.807) is 0 Å². The van der Waals surface area contributed by atoms with Gasteiger partial charge in [0, 0.05) is 19.1 Å². The topological polar surface area (TPSA) is 58.4 Å².